The number of hydrogen-bond donors (Lipinski definition) is 3. The SMILES string of the molecule is C=C(Nc1cn[nH]c1C(=C)NCCCc1ccc(F)cc1)c1cccc(C)n1. The summed E-state index contributed by atoms with van der Waals surface area (Å²) >= 11 is 0. The average Bonchev–Trinajstić information content (AvgIpc) is 3.14. The molecule has 3 rings (SSSR count). The van der Waals surface area contributed by atoms with Crippen molar-refractivity contribution in [3.05, 3.63) is 90.3 Å². The molecule has 0 bridgehead atoms. The molecule has 28 heavy (non-hydrogen) atoms. The highest BCUT2D eigenvalue weighted by Gasteiger charge is 2.10. The topological polar surface area (TPSA) is 65.6 Å². The van der Waals surface area contributed by atoms with Crippen molar-refractivity contribution >= 4 is 17.1 Å². The highest BCUT2D eigenvalue weighted by atomic mass is 19.1. The lowest BCUT2D eigenvalue weighted by Gasteiger charge is -2.13. The van der Waals surface area contributed by atoms with Crippen LogP contribution in [0.15, 0.2) is 61.8 Å². The van der Waals surface area contributed by atoms with Crippen molar-refractivity contribution in [2.24, 2.45) is 0 Å². The minimum Gasteiger partial charge on any atom is -0.384 e. The number of nitrogens with one attached hydrogen (secondary N) is 3. The summed E-state index contributed by atoms with van der Waals surface area (Å²) in [5, 5.41) is 13.6. The van der Waals surface area contributed by atoms with Crippen LogP contribution in [0.1, 0.15) is 29.1 Å². The van der Waals surface area contributed by atoms with Gasteiger partial charge in [0, 0.05) is 12.2 Å². The minimum absolute atomic E-state index is 0.211. The molecule has 5 nitrogen and oxygen atoms in total. The first-order chi connectivity index (χ1) is 13.5. The molecule has 0 spiro atoms. The molecule has 2 aromatic heterocycles. The van der Waals surface area contributed by atoms with Gasteiger partial charge in [-0.15, -0.1) is 0 Å². The van der Waals surface area contributed by atoms with E-state index in [1.807, 2.05) is 37.3 Å². The molecule has 0 unspecified atom stereocenters. The van der Waals surface area contributed by atoms with E-state index in [9.17, 15) is 4.39 Å². The number of halogens is 1. The van der Waals surface area contributed by atoms with Crippen LogP contribution in [0.5, 0.6) is 0 Å². The number of aryl methyl sites for hydroxylation is 2. The molecule has 0 fully saturated rings. The van der Waals surface area contributed by atoms with Gasteiger partial charge in [0.1, 0.15) is 11.5 Å². The number of pyridine rings is 1. The van der Waals surface area contributed by atoms with Crippen LogP contribution in [0.3, 0.4) is 0 Å². The van der Waals surface area contributed by atoms with Gasteiger partial charge in [0.25, 0.3) is 0 Å². The van der Waals surface area contributed by atoms with Crippen LogP contribution in [0.25, 0.3) is 11.4 Å². The van der Waals surface area contributed by atoms with Gasteiger partial charge >= 0.3 is 0 Å². The van der Waals surface area contributed by atoms with Gasteiger partial charge in [0.15, 0.2) is 0 Å². The van der Waals surface area contributed by atoms with Crippen molar-refractivity contribution in [2.45, 2.75) is 19.8 Å². The number of anilines is 1. The summed E-state index contributed by atoms with van der Waals surface area (Å²) in [5.41, 5.74) is 5.81. The lowest BCUT2D eigenvalue weighted by atomic mass is 10.1. The summed E-state index contributed by atoms with van der Waals surface area (Å²) in [6.45, 7) is 10.8. The fourth-order valence-electron chi connectivity index (χ4n) is 2.82. The fraction of sp³-hybridized carbons (Fsp3) is 0.182. The first-order valence-corrected chi connectivity index (χ1v) is 9.14. The zero-order chi connectivity index (χ0) is 19.9. The molecule has 0 radical (unpaired) electrons. The zero-order valence-electron chi connectivity index (χ0n) is 15.9. The van der Waals surface area contributed by atoms with Crippen LogP contribution in [0.2, 0.25) is 0 Å². The van der Waals surface area contributed by atoms with Crippen molar-refractivity contribution < 1.29 is 4.39 Å². The van der Waals surface area contributed by atoms with E-state index in [1.165, 1.54) is 12.1 Å². The van der Waals surface area contributed by atoms with Gasteiger partial charge in [0.2, 0.25) is 0 Å². The Morgan fingerprint density at radius 1 is 1.11 bits per heavy atom. The highest BCUT2D eigenvalue weighted by molar-refractivity contribution is 5.79. The van der Waals surface area contributed by atoms with Gasteiger partial charge in [-0.1, -0.05) is 31.4 Å². The highest BCUT2D eigenvalue weighted by Crippen LogP contribution is 2.22. The van der Waals surface area contributed by atoms with E-state index in [0.29, 0.717) is 5.70 Å². The van der Waals surface area contributed by atoms with Crippen molar-refractivity contribution in [1.29, 1.82) is 0 Å². The third-order valence-corrected chi connectivity index (χ3v) is 4.32. The molecule has 0 saturated carbocycles. The zero-order valence-corrected chi connectivity index (χ0v) is 15.9. The Labute approximate surface area is 164 Å². The molecule has 144 valence electrons. The largest absolute Gasteiger partial charge is 0.384 e. The summed E-state index contributed by atoms with van der Waals surface area (Å²) in [6, 6.07) is 12.4. The number of H-pyrrole nitrogens is 1. The Balaban J connectivity index is 1.53. The smallest absolute Gasteiger partial charge is 0.123 e. The van der Waals surface area contributed by atoms with Gasteiger partial charge in [0.05, 0.1) is 29.0 Å². The van der Waals surface area contributed by atoms with Crippen molar-refractivity contribution in [3.8, 4) is 0 Å². The van der Waals surface area contributed by atoms with E-state index < -0.39 is 0 Å². The number of rotatable bonds is 9. The third-order valence-electron chi connectivity index (χ3n) is 4.32. The lowest BCUT2D eigenvalue weighted by Crippen LogP contribution is -2.15. The number of benzene rings is 1. The second-order valence-corrected chi connectivity index (χ2v) is 6.56. The molecule has 1 aromatic carbocycles. The molecule has 0 aliphatic rings. The molecule has 0 aliphatic heterocycles. The van der Waals surface area contributed by atoms with Crippen LogP contribution >= 0.6 is 0 Å². The Kier molecular flexibility index (Phi) is 6.22. The normalized spacial score (nSPS) is 10.5. The number of aromatic nitrogens is 3. The lowest BCUT2D eigenvalue weighted by molar-refractivity contribution is 0.626. The van der Waals surface area contributed by atoms with E-state index in [0.717, 1.165) is 53.4 Å². The van der Waals surface area contributed by atoms with Crippen LogP contribution in [0.4, 0.5) is 10.1 Å². The summed E-state index contributed by atoms with van der Waals surface area (Å²) in [6.07, 6.45) is 3.47. The average molecular weight is 377 g/mol. The molecule has 3 aromatic rings. The van der Waals surface area contributed by atoms with E-state index >= 15 is 0 Å². The Morgan fingerprint density at radius 3 is 2.64 bits per heavy atom. The monoisotopic (exact) mass is 377 g/mol. The van der Waals surface area contributed by atoms with Crippen molar-refractivity contribution in [3.63, 3.8) is 0 Å². The second kappa shape index (κ2) is 8.99. The number of aromatic amines is 1. The van der Waals surface area contributed by atoms with Gasteiger partial charge < -0.3 is 10.6 Å². The van der Waals surface area contributed by atoms with Crippen molar-refractivity contribution in [2.75, 3.05) is 11.9 Å². The van der Waals surface area contributed by atoms with Gasteiger partial charge in [-0.05, 0) is 49.6 Å². The summed E-state index contributed by atoms with van der Waals surface area (Å²) < 4.78 is 12.9. The van der Waals surface area contributed by atoms with Gasteiger partial charge in [-0.3, -0.25) is 10.1 Å². The first-order valence-electron chi connectivity index (χ1n) is 9.14. The predicted molar refractivity (Wildman–Crippen MR) is 112 cm³/mol. The van der Waals surface area contributed by atoms with Crippen molar-refractivity contribution in [1.82, 2.24) is 20.5 Å². The molecule has 6 heteroatoms. The molecule has 0 amide bonds. The molecular weight excluding hydrogens is 353 g/mol. The molecular formula is C22H24FN5. The molecule has 0 aliphatic carbocycles. The maximum Gasteiger partial charge on any atom is 0.123 e. The van der Waals surface area contributed by atoms with Crippen LogP contribution < -0.4 is 10.6 Å². The fourth-order valence-corrected chi connectivity index (χ4v) is 2.82. The first kappa shape index (κ1) is 19.4. The second-order valence-electron chi connectivity index (χ2n) is 6.56. The van der Waals surface area contributed by atoms with E-state index in [4.69, 9.17) is 0 Å². The van der Waals surface area contributed by atoms with E-state index in [2.05, 4.69) is 39.0 Å². The quantitative estimate of drug-likeness (QED) is 0.480. The maximum absolute atomic E-state index is 12.9. The van der Waals surface area contributed by atoms with Crippen LogP contribution in [-0.4, -0.2) is 21.7 Å². The molecule has 0 saturated heterocycles. The van der Waals surface area contributed by atoms with E-state index in [-0.39, 0.29) is 5.82 Å². The van der Waals surface area contributed by atoms with E-state index in [1.54, 1.807) is 6.20 Å². The summed E-state index contributed by atoms with van der Waals surface area (Å²) in [4.78, 5) is 4.47. The standard InChI is InChI=1S/C22H24FN5/c1-15-6-4-8-20(26-15)16(2)27-21-14-25-28-22(21)17(3)24-13-5-7-18-9-11-19(23)12-10-18/h4,6,8-12,14,24,27H,2-3,5,7,13H2,1H3,(H,25,28). The van der Waals surface area contributed by atoms with Gasteiger partial charge in [-0.25, -0.2) is 4.39 Å². The molecule has 0 atom stereocenters. The summed E-state index contributed by atoms with van der Waals surface area (Å²) in [5.74, 6) is -0.211. The Morgan fingerprint density at radius 2 is 1.89 bits per heavy atom. The maximum atomic E-state index is 12.9. The predicted octanol–water partition coefficient (Wildman–Crippen LogP) is 4.53. The number of hydrogen-bond acceptors (Lipinski definition) is 4. The Bertz CT molecular complexity index is 959. The third kappa shape index (κ3) is 5.07. The number of nitrogens with zero attached hydrogens (tertiary/aromatic N) is 2. The van der Waals surface area contributed by atoms with Crippen LogP contribution in [0, 0.1) is 12.7 Å². The minimum atomic E-state index is -0.211. The Hall–Kier alpha value is -3.41. The summed E-state index contributed by atoms with van der Waals surface area (Å²) in [7, 11) is 0. The van der Waals surface area contributed by atoms with Crippen LogP contribution in [-0.2, 0) is 6.42 Å². The molecule has 3 N–H and O–H groups in total. The molecule has 2 heterocycles. The van der Waals surface area contributed by atoms with Gasteiger partial charge in [-0.2, -0.15) is 5.10 Å².